The molecule has 0 bridgehead atoms. The van der Waals surface area contributed by atoms with Gasteiger partial charge in [0.25, 0.3) is 0 Å². The second-order valence-electron chi connectivity index (χ2n) is 0.896. The summed E-state index contributed by atoms with van der Waals surface area (Å²) >= 11 is 0. The molecule has 9 nitrogen and oxygen atoms in total. The van der Waals surface area contributed by atoms with E-state index in [1.165, 1.54) is 0 Å². The van der Waals surface area contributed by atoms with Crippen molar-refractivity contribution in [3.8, 4) is 0 Å². The Labute approximate surface area is 126 Å². The van der Waals surface area contributed by atoms with Crippen molar-refractivity contribution in [2.24, 2.45) is 0 Å². The molecule has 0 aliphatic rings. The van der Waals surface area contributed by atoms with Crippen molar-refractivity contribution >= 4 is 85.8 Å². The molecule has 0 radical (unpaired) electrons. The number of rotatable bonds is 0. The van der Waals surface area contributed by atoms with Gasteiger partial charge < -0.3 is 6.15 Å². The fourth-order valence-corrected chi connectivity index (χ4v) is 0. The summed E-state index contributed by atoms with van der Waals surface area (Å²) in [5, 5.41) is 0. The first-order chi connectivity index (χ1) is 4.00. The summed E-state index contributed by atoms with van der Waals surface area (Å²) in [4.78, 5) is 0. The molecule has 0 aromatic rings. The van der Waals surface area contributed by atoms with E-state index in [0.29, 0.717) is 0 Å². The van der Waals surface area contributed by atoms with Crippen LogP contribution in [0.2, 0.25) is 0 Å². The van der Waals surface area contributed by atoms with Gasteiger partial charge in [0.15, 0.2) is 0 Å². The SMILES string of the molecule is Cl.N.O=S(=O)(O)O.O=S(=O)(O)O.[MgH2].[NaH]. The summed E-state index contributed by atoms with van der Waals surface area (Å²) in [6, 6.07) is 0. The summed E-state index contributed by atoms with van der Waals surface area (Å²) in [6.07, 6.45) is 0. The monoisotopic (exact) mass is 299 g/mol. The molecule has 14 heteroatoms. The molecule has 0 aromatic carbocycles. The van der Waals surface area contributed by atoms with E-state index < -0.39 is 20.8 Å². The van der Waals surface area contributed by atoms with Crippen LogP contribution in [-0.4, -0.2) is 87.7 Å². The van der Waals surface area contributed by atoms with Gasteiger partial charge >= 0.3 is 73.4 Å². The van der Waals surface area contributed by atoms with Gasteiger partial charge in [0, 0.05) is 0 Å². The van der Waals surface area contributed by atoms with Gasteiger partial charge in [-0.25, -0.2) is 0 Å². The molecule has 7 N–H and O–H groups in total. The van der Waals surface area contributed by atoms with E-state index in [-0.39, 0.29) is 71.2 Å². The van der Waals surface area contributed by atoms with Crippen LogP contribution < -0.4 is 6.15 Å². The first-order valence-corrected chi connectivity index (χ1v) is 4.19. The minimum atomic E-state index is -4.67. The van der Waals surface area contributed by atoms with Crippen molar-refractivity contribution in [3.63, 3.8) is 0 Å². The molecule has 0 rings (SSSR count). The number of hydrogen-bond donors (Lipinski definition) is 5. The molecule has 0 saturated heterocycles. The first kappa shape index (κ1) is 36.0. The Morgan fingerprint density at radius 1 is 0.714 bits per heavy atom. The Morgan fingerprint density at radius 3 is 0.714 bits per heavy atom. The Kier molecular flexibility index (Phi) is 38.0. The van der Waals surface area contributed by atoms with Crippen LogP contribution in [0.15, 0.2) is 0 Å². The zero-order valence-electron chi connectivity index (χ0n) is 5.35. The summed E-state index contributed by atoms with van der Waals surface area (Å²) in [5.74, 6) is 0. The molecule has 86 valence electrons. The van der Waals surface area contributed by atoms with Crippen molar-refractivity contribution in [2.75, 3.05) is 0 Å². The molecule has 0 aromatic heterocycles. The molecular formula is H11ClMgNNaO8S2. The zero-order valence-corrected chi connectivity index (χ0v) is 7.80. The molecule has 0 spiro atoms. The average molecular weight is 300 g/mol. The van der Waals surface area contributed by atoms with Crippen LogP contribution in [0.25, 0.3) is 0 Å². The van der Waals surface area contributed by atoms with Gasteiger partial charge in [-0.1, -0.05) is 0 Å². The fourth-order valence-electron chi connectivity index (χ4n) is 0. The molecule has 0 atom stereocenters. The van der Waals surface area contributed by atoms with Gasteiger partial charge in [-0.05, 0) is 0 Å². The molecule has 0 amide bonds. The van der Waals surface area contributed by atoms with Crippen molar-refractivity contribution in [2.45, 2.75) is 0 Å². The Hall–Kier alpha value is 1.76. The van der Waals surface area contributed by atoms with Crippen LogP contribution in [0.4, 0.5) is 0 Å². The predicted octanol–water partition coefficient (Wildman–Crippen LogP) is -2.29. The van der Waals surface area contributed by atoms with Gasteiger partial charge in [-0.2, -0.15) is 16.8 Å². The van der Waals surface area contributed by atoms with Crippen LogP contribution in [0.3, 0.4) is 0 Å². The molecule has 0 saturated carbocycles. The van der Waals surface area contributed by atoms with Gasteiger partial charge in [-0.15, -0.1) is 12.4 Å². The molecule has 0 aliphatic carbocycles. The minimum absolute atomic E-state index is 0. The maximum absolute atomic E-state index is 8.74. The van der Waals surface area contributed by atoms with Gasteiger partial charge in [0.05, 0.1) is 0 Å². The van der Waals surface area contributed by atoms with Gasteiger partial charge in [0.2, 0.25) is 0 Å². The van der Waals surface area contributed by atoms with Gasteiger partial charge in [0.1, 0.15) is 0 Å². The van der Waals surface area contributed by atoms with E-state index in [0.717, 1.165) is 0 Å². The van der Waals surface area contributed by atoms with E-state index in [2.05, 4.69) is 0 Å². The van der Waals surface area contributed by atoms with Crippen molar-refractivity contribution in [1.82, 2.24) is 6.15 Å². The normalized spacial score (nSPS) is 8.29. The number of hydrogen-bond acceptors (Lipinski definition) is 5. The quantitative estimate of drug-likeness (QED) is 0.242. The summed E-state index contributed by atoms with van der Waals surface area (Å²) < 4.78 is 63.2. The van der Waals surface area contributed by atoms with Crippen LogP contribution in [0, 0.1) is 0 Å². The van der Waals surface area contributed by atoms with Crippen LogP contribution >= 0.6 is 12.4 Å². The maximum atomic E-state index is 8.74. The van der Waals surface area contributed by atoms with Crippen molar-refractivity contribution in [1.29, 1.82) is 0 Å². The summed E-state index contributed by atoms with van der Waals surface area (Å²) in [6.45, 7) is 0. The summed E-state index contributed by atoms with van der Waals surface area (Å²) in [7, 11) is -9.33. The van der Waals surface area contributed by atoms with E-state index in [4.69, 9.17) is 35.0 Å². The molecule has 14 heavy (non-hydrogen) atoms. The van der Waals surface area contributed by atoms with E-state index >= 15 is 0 Å². The standard InChI is InChI=1S/ClH.Mg.H3N.Na.2H2O4S.3H/c;;;;2*1-5(2,3)4;;;/h1H;;1H3;;2*(H2,1,2,3,4);;;. The van der Waals surface area contributed by atoms with Crippen molar-refractivity contribution < 1.29 is 35.0 Å². The molecule has 0 fully saturated rings. The summed E-state index contributed by atoms with van der Waals surface area (Å²) in [5.41, 5.74) is 0. The Balaban J connectivity index is -0.0000000178. The predicted molar refractivity (Wildman–Crippen MR) is 56.3 cm³/mol. The van der Waals surface area contributed by atoms with Gasteiger partial charge in [-0.3, -0.25) is 18.2 Å². The van der Waals surface area contributed by atoms with E-state index in [9.17, 15) is 0 Å². The fraction of sp³-hybridized carbons (Fsp3) is 0. The molecular weight excluding hydrogens is 289 g/mol. The Bertz CT molecular complexity index is 224. The van der Waals surface area contributed by atoms with E-state index in [1.807, 2.05) is 0 Å². The Morgan fingerprint density at radius 2 is 0.714 bits per heavy atom. The molecule has 0 unspecified atom stereocenters. The topological polar surface area (TPSA) is 184 Å². The second-order valence-corrected chi connectivity index (χ2v) is 2.69. The van der Waals surface area contributed by atoms with Crippen molar-refractivity contribution in [3.05, 3.63) is 0 Å². The third-order valence-corrected chi connectivity index (χ3v) is 0. The first-order valence-electron chi connectivity index (χ1n) is 1.40. The van der Waals surface area contributed by atoms with Crippen LogP contribution in [0.5, 0.6) is 0 Å². The van der Waals surface area contributed by atoms with Crippen LogP contribution in [0.1, 0.15) is 0 Å². The third kappa shape index (κ3) is 726. The van der Waals surface area contributed by atoms with Crippen LogP contribution in [-0.2, 0) is 20.8 Å². The second kappa shape index (κ2) is 14.8. The average Bonchev–Trinajstić information content (AvgIpc) is 1.12. The zero-order chi connectivity index (χ0) is 9.00. The molecule has 0 aliphatic heterocycles. The molecule has 0 heterocycles. The third-order valence-electron chi connectivity index (χ3n) is 0. The van der Waals surface area contributed by atoms with E-state index in [1.54, 1.807) is 0 Å². The number of halogens is 1.